The fraction of sp³-hybridized carbons (Fsp3) is 0.609. The summed E-state index contributed by atoms with van der Waals surface area (Å²) < 4.78 is 13.7. The molecule has 0 aliphatic rings. The normalized spacial score (nSPS) is 11.7. The Labute approximate surface area is 170 Å². The third-order valence-corrected chi connectivity index (χ3v) is 20.8. The predicted molar refractivity (Wildman–Crippen MR) is 120 cm³/mol. The second-order valence-electron chi connectivity index (χ2n) is 7.85. The van der Waals surface area contributed by atoms with Gasteiger partial charge in [-0.1, -0.05) is 0 Å². The van der Waals surface area contributed by atoms with Crippen molar-refractivity contribution in [1.29, 1.82) is 0 Å². The number of aromatic nitrogens is 2. The van der Waals surface area contributed by atoms with Gasteiger partial charge in [0.15, 0.2) is 0 Å². The quantitative estimate of drug-likeness (QED) is 0.343. The summed E-state index contributed by atoms with van der Waals surface area (Å²) in [7, 11) is 3.89. The molecule has 4 heteroatoms. The van der Waals surface area contributed by atoms with Crippen LogP contribution in [0.4, 0.5) is 0 Å². The average Bonchev–Trinajstić information content (AvgIpc) is 3.09. The molecule has 27 heavy (non-hydrogen) atoms. The van der Waals surface area contributed by atoms with Gasteiger partial charge in [0, 0.05) is 0 Å². The molecule has 2 aromatic rings. The second kappa shape index (κ2) is 11.1. The van der Waals surface area contributed by atoms with E-state index < -0.39 is 18.4 Å². The van der Waals surface area contributed by atoms with Crippen molar-refractivity contribution in [2.24, 2.45) is 7.05 Å². The minimum absolute atomic E-state index is 0.911. The average molecular weight is 477 g/mol. The molecule has 3 nitrogen and oxygen atoms in total. The van der Waals surface area contributed by atoms with Crippen LogP contribution in [0.25, 0.3) is 11.4 Å². The molecule has 0 aliphatic carbocycles. The summed E-state index contributed by atoms with van der Waals surface area (Å²) in [6.45, 7) is 6.98. The number of methoxy groups -OCH3 is 1. The van der Waals surface area contributed by atoms with Crippen LogP contribution in [0, 0.1) is 0 Å². The molecule has 0 unspecified atom stereocenters. The third-order valence-electron chi connectivity index (χ3n) is 5.79. The van der Waals surface area contributed by atoms with Crippen molar-refractivity contribution in [1.82, 2.24) is 9.55 Å². The fourth-order valence-electron chi connectivity index (χ4n) is 4.11. The van der Waals surface area contributed by atoms with Crippen molar-refractivity contribution in [3.63, 3.8) is 0 Å². The molecule has 0 fully saturated rings. The maximum absolute atomic E-state index is 5.61. The summed E-state index contributed by atoms with van der Waals surface area (Å²) in [5.41, 5.74) is 1.11. The van der Waals surface area contributed by atoms with E-state index in [2.05, 4.69) is 50.7 Å². The molecule has 1 heterocycles. The first-order chi connectivity index (χ1) is 13.1. The zero-order valence-corrected chi connectivity index (χ0v) is 20.9. The van der Waals surface area contributed by atoms with Crippen molar-refractivity contribution >= 4 is 22.1 Å². The van der Waals surface area contributed by atoms with Gasteiger partial charge in [-0.3, -0.25) is 0 Å². The molecular weight excluding hydrogens is 439 g/mol. The van der Waals surface area contributed by atoms with E-state index in [1.54, 1.807) is 7.11 Å². The van der Waals surface area contributed by atoms with E-state index in [9.17, 15) is 0 Å². The van der Waals surface area contributed by atoms with Gasteiger partial charge >= 0.3 is 171 Å². The SMILES string of the molecule is CCC[CH2][Sn]([CH2]CCC)([CH2]CCC)[c]1cn(C)c(-c2ccccc2OC)n1. The van der Waals surface area contributed by atoms with Crippen LogP contribution >= 0.6 is 0 Å². The standard InChI is InChI=1S/C11H11N2O.3C4H9.Sn/c1-13-8-7-12-11(13)9-5-3-4-6-10(9)14-2;3*1-3-4-2;/h3-6,8H,1-2H3;3*1,3-4H2,2H3;. The molecule has 0 radical (unpaired) electrons. The predicted octanol–water partition coefficient (Wildman–Crippen LogP) is 6.15. The van der Waals surface area contributed by atoms with Crippen molar-refractivity contribution in [3.05, 3.63) is 30.5 Å². The number of hydrogen-bond donors (Lipinski definition) is 0. The first-order valence-corrected chi connectivity index (χ1v) is 18.3. The van der Waals surface area contributed by atoms with Crippen molar-refractivity contribution in [2.75, 3.05) is 7.11 Å². The van der Waals surface area contributed by atoms with Crippen LogP contribution in [-0.4, -0.2) is 35.0 Å². The Morgan fingerprint density at radius 3 is 2.00 bits per heavy atom. The van der Waals surface area contributed by atoms with E-state index in [-0.39, 0.29) is 0 Å². The van der Waals surface area contributed by atoms with Crippen LogP contribution in [0.5, 0.6) is 5.75 Å². The summed E-state index contributed by atoms with van der Waals surface area (Å²) in [5.74, 6) is 1.97. The number of unbranched alkanes of at least 4 members (excludes halogenated alkanes) is 3. The molecule has 150 valence electrons. The maximum atomic E-state index is 5.61. The van der Waals surface area contributed by atoms with Gasteiger partial charge in [0.25, 0.3) is 0 Å². The zero-order chi connectivity index (χ0) is 19.7. The van der Waals surface area contributed by atoms with E-state index in [0.29, 0.717) is 0 Å². The van der Waals surface area contributed by atoms with E-state index in [1.807, 2.05) is 12.1 Å². The van der Waals surface area contributed by atoms with Crippen LogP contribution in [0.1, 0.15) is 59.3 Å². The summed E-state index contributed by atoms with van der Waals surface area (Å²) in [6, 6.07) is 8.27. The second-order valence-corrected chi connectivity index (χ2v) is 20.9. The first kappa shape index (κ1) is 22.3. The number of aryl methyl sites for hydroxylation is 1. The first-order valence-electron chi connectivity index (χ1n) is 10.8. The number of ether oxygens (including phenoxy) is 1. The van der Waals surface area contributed by atoms with Crippen LogP contribution < -0.4 is 8.45 Å². The fourth-order valence-corrected chi connectivity index (χ4v) is 19.6. The van der Waals surface area contributed by atoms with Crippen molar-refractivity contribution in [3.8, 4) is 17.1 Å². The molecule has 0 amide bonds. The number of rotatable bonds is 12. The Morgan fingerprint density at radius 1 is 0.926 bits per heavy atom. The van der Waals surface area contributed by atoms with Gasteiger partial charge in [-0.05, 0) is 0 Å². The topological polar surface area (TPSA) is 27.1 Å². The Hall–Kier alpha value is -0.971. The molecule has 1 aromatic carbocycles. The Balaban J connectivity index is 2.48. The molecule has 0 saturated carbocycles. The van der Waals surface area contributed by atoms with Crippen LogP contribution in [-0.2, 0) is 7.05 Å². The van der Waals surface area contributed by atoms with E-state index in [4.69, 9.17) is 9.72 Å². The van der Waals surface area contributed by atoms with Crippen LogP contribution in [0.3, 0.4) is 0 Å². The molecule has 0 saturated heterocycles. The van der Waals surface area contributed by atoms with Crippen LogP contribution in [0.15, 0.2) is 30.5 Å². The summed E-state index contributed by atoms with van der Waals surface area (Å²) >= 11 is -2.49. The van der Waals surface area contributed by atoms with Gasteiger partial charge < -0.3 is 0 Å². The molecule has 0 N–H and O–H groups in total. The summed E-state index contributed by atoms with van der Waals surface area (Å²) in [6.07, 6.45) is 10.4. The molecule has 0 aliphatic heterocycles. The summed E-state index contributed by atoms with van der Waals surface area (Å²) in [4.78, 5) is 5.30. The molecule has 0 spiro atoms. The molecule has 0 atom stereocenters. The Kier molecular flexibility index (Phi) is 9.20. The zero-order valence-electron chi connectivity index (χ0n) is 18.1. The molecule has 2 rings (SSSR count). The van der Waals surface area contributed by atoms with Crippen molar-refractivity contribution < 1.29 is 4.74 Å². The number of para-hydroxylation sites is 1. The molecular formula is C23H38N2OSn. The third kappa shape index (κ3) is 5.52. The van der Waals surface area contributed by atoms with Crippen molar-refractivity contribution in [2.45, 2.75) is 72.6 Å². The number of imidazole rings is 1. The van der Waals surface area contributed by atoms with E-state index >= 15 is 0 Å². The van der Waals surface area contributed by atoms with Gasteiger partial charge in [0.2, 0.25) is 0 Å². The summed E-state index contributed by atoms with van der Waals surface area (Å²) in [5, 5.41) is 0. The van der Waals surface area contributed by atoms with E-state index in [0.717, 1.165) is 17.1 Å². The minimum atomic E-state index is -2.49. The van der Waals surface area contributed by atoms with Gasteiger partial charge in [-0.25, -0.2) is 0 Å². The number of nitrogens with zero attached hydrogens (tertiary/aromatic N) is 2. The molecule has 0 bridgehead atoms. The van der Waals surface area contributed by atoms with Gasteiger partial charge in [0.1, 0.15) is 0 Å². The van der Waals surface area contributed by atoms with Gasteiger partial charge in [-0.15, -0.1) is 0 Å². The Bertz CT molecular complexity index is 674. The van der Waals surface area contributed by atoms with E-state index in [1.165, 1.54) is 55.5 Å². The van der Waals surface area contributed by atoms with Gasteiger partial charge in [-0.2, -0.15) is 0 Å². The Morgan fingerprint density at radius 2 is 1.48 bits per heavy atom. The molecule has 1 aromatic heterocycles. The monoisotopic (exact) mass is 478 g/mol. The number of benzene rings is 1. The van der Waals surface area contributed by atoms with Crippen LogP contribution in [0.2, 0.25) is 13.3 Å². The van der Waals surface area contributed by atoms with Gasteiger partial charge in [0.05, 0.1) is 0 Å². The number of hydrogen-bond acceptors (Lipinski definition) is 2.